The van der Waals surface area contributed by atoms with Crippen LogP contribution in [0.25, 0.3) is 11.0 Å². The van der Waals surface area contributed by atoms with E-state index in [1.807, 2.05) is 12.1 Å². The number of aromatic nitrogens is 3. The molecule has 1 unspecified atom stereocenters. The van der Waals surface area contributed by atoms with Crippen LogP contribution in [-0.4, -0.2) is 32.3 Å². The molecule has 0 spiro atoms. The molecule has 0 bridgehead atoms. The van der Waals surface area contributed by atoms with E-state index in [4.69, 9.17) is 4.74 Å². The second-order valence-corrected chi connectivity index (χ2v) is 4.29. The van der Waals surface area contributed by atoms with Gasteiger partial charge in [-0.05, 0) is 18.2 Å². The van der Waals surface area contributed by atoms with Crippen molar-refractivity contribution < 1.29 is 14.9 Å². The van der Waals surface area contributed by atoms with E-state index in [2.05, 4.69) is 10.3 Å². The molecule has 6 heteroatoms. The Balaban J connectivity index is 2.11. The molecule has 1 atom stereocenters. The second kappa shape index (κ2) is 4.82. The number of aliphatic hydroxyl groups is 1. The van der Waals surface area contributed by atoms with Crippen molar-refractivity contribution >= 4 is 11.0 Å². The van der Waals surface area contributed by atoms with E-state index in [0.717, 1.165) is 0 Å². The number of phenols is 1. The molecule has 0 fully saturated rings. The van der Waals surface area contributed by atoms with Crippen molar-refractivity contribution in [3.63, 3.8) is 0 Å². The van der Waals surface area contributed by atoms with Gasteiger partial charge in [-0.2, -0.15) is 0 Å². The van der Waals surface area contributed by atoms with Gasteiger partial charge in [0.25, 0.3) is 0 Å². The van der Waals surface area contributed by atoms with Crippen molar-refractivity contribution in [1.29, 1.82) is 0 Å². The van der Waals surface area contributed by atoms with Crippen molar-refractivity contribution in [3.8, 4) is 11.5 Å². The van der Waals surface area contributed by atoms with Gasteiger partial charge in [0.05, 0.1) is 12.6 Å². The van der Waals surface area contributed by atoms with Crippen LogP contribution in [0.15, 0.2) is 42.5 Å². The third kappa shape index (κ3) is 1.86. The van der Waals surface area contributed by atoms with Crippen molar-refractivity contribution in [2.75, 3.05) is 7.11 Å². The average Bonchev–Trinajstić information content (AvgIpc) is 2.91. The van der Waals surface area contributed by atoms with Gasteiger partial charge < -0.3 is 14.9 Å². The molecule has 0 aliphatic rings. The number of methoxy groups -OCH3 is 1. The van der Waals surface area contributed by atoms with Crippen molar-refractivity contribution in [2.24, 2.45) is 0 Å². The fourth-order valence-electron chi connectivity index (χ4n) is 2.11. The first kappa shape index (κ1) is 12.4. The molecule has 3 rings (SSSR count). The number of benzene rings is 2. The Morgan fingerprint density at radius 3 is 2.75 bits per heavy atom. The first-order valence-electron chi connectivity index (χ1n) is 6.06. The Bertz CT molecular complexity index is 754. The maximum atomic E-state index is 10.4. The summed E-state index contributed by atoms with van der Waals surface area (Å²) in [4.78, 5) is 0. The molecule has 0 saturated carbocycles. The fraction of sp³-hybridized carbons (Fsp3) is 0.143. The molecule has 3 aromatic rings. The quantitative estimate of drug-likeness (QED) is 0.757. The van der Waals surface area contributed by atoms with Gasteiger partial charge in [0.15, 0.2) is 17.7 Å². The molecule has 2 aromatic carbocycles. The van der Waals surface area contributed by atoms with Gasteiger partial charge in [-0.25, -0.2) is 4.68 Å². The molecule has 1 heterocycles. The van der Waals surface area contributed by atoms with Crippen LogP contribution in [0.2, 0.25) is 0 Å². The van der Waals surface area contributed by atoms with Gasteiger partial charge in [0.1, 0.15) is 5.52 Å². The number of hydrogen-bond acceptors (Lipinski definition) is 5. The van der Waals surface area contributed by atoms with Crippen molar-refractivity contribution in [3.05, 3.63) is 48.0 Å². The lowest BCUT2D eigenvalue weighted by Crippen LogP contribution is -2.12. The summed E-state index contributed by atoms with van der Waals surface area (Å²) in [6.07, 6.45) is -1.14. The molecule has 2 N–H and O–H groups in total. The summed E-state index contributed by atoms with van der Waals surface area (Å²) < 4.78 is 6.39. The number of aliphatic hydroxyl groups excluding tert-OH is 1. The van der Waals surface area contributed by atoms with Gasteiger partial charge in [-0.1, -0.05) is 29.5 Å². The summed E-state index contributed by atoms with van der Waals surface area (Å²) >= 11 is 0. The van der Waals surface area contributed by atoms with E-state index in [0.29, 0.717) is 22.3 Å². The Morgan fingerprint density at radius 1 is 1.15 bits per heavy atom. The van der Waals surface area contributed by atoms with Crippen LogP contribution < -0.4 is 4.74 Å². The molecule has 0 radical (unpaired) electrons. The minimum Gasteiger partial charge on any atom is -0.504 e. The van der Waals surface area contributed by atoms with Crippen molar-refractivity contribution in [2.45, 2.75) is 6.23 Å². The SMILES string of the molecule is COc1cccc(C(O)n2nnc3ccccc32)c1O. The normalized spacial score (nSPS) is 12.5. The zero-order chi connectivity index (χ0) is 14.1. The highest BCUT2D eigenvalue weighted by molar-refractivity contribution is 5.74. The maximum Gasteiger partial charge on any atom is 0.179 e. The summed E-state index contributed by atoms with van der Waals surface area (Å²) in [5, 5.41) is 28.4. The van der Waals surface area contributed by atoms with E-state index in [-0.39, 0.29) is 5.75 Å². The lowest BCUT2D eigenvalue weighted by molar-refractivity contribution is 0.130. The summed E-state index contributed by atoms with van der Waals surface area (Å²) in [5.74, 6) is 0.188. The zero-order valence-corrected chi connectivity index (χ0v) is 10.8. The van der Waals surface area contributed by atoms with Gasteiger partial charge in [-0.15, -0.1) is 5.10 Å². The number of hydrogen-bond donors (Lipinski definition) is 2. The van der Waals surface area contributed by atoms with Crippen LogP contribution >= 0.6 is 0 Å². The van der Waals surface area contributed by atoms with Gasteiger partial charge >= 0.3 is 0 Å². The summed E-state index contributed by atoms with van der Waals surface area (Å²) in [5.41, 5.74) is 1.66. The highest BCUT2D eigenvalue weighted by Crippen LogP contribution is 2.34. The number of aromatic hydroxyl groups is 1. The molecule has 0 saturated heterocycles. The topological polar surface area (TPSA) is 80.4 Å². The zero-order valence-electron chi connectivity index (χ0n) is 10.8. The molecule has 0 amide bonds. The molecule has 102 valence electrons. The lowest BCUT2D eigenvalue weighted by atomic mass is 10.1. The van der Waals surface area contributed by atoms with E-state index >= 15 is 0 Å². The first-order chi connectivity index (χ1) is 9.72. The van der Waals surface area contributed by atoms with Crippen molar-refractivity contribution in [1.82, 2.24) is 15.0 Å². The van der Waals surface area contributed by atoms with E-state index in [9.17, 15) is 10.2 Å². The molecular formula is C14H13N3O3. The predicted octanol–water partition coefficient (Wildman–Crippen LogP) is 1.68. The predicted molar refractivity (Wildman–Crippen MR) is 72.5 cm³/mol. The maximum absolute atomic E-state index is 10.4. The molecule has 0 aliphatic heterocycles. The monoisotopic (exact) mass is 271 g/mol. The van der Waals surface area contributed by atoms with E-state index in [1.165, 1.54) is 11.8 Å². The van der Waals surface area contributed by atoms with Crippen LogP contribution in [0.4, 0.5) is 0 Å². The highest BCUT2D eigenvalue weighted by atomic mass is 16.5. The fourth-order valence-corrected chi connectivity index (χ4v) is 2.11. The molecule has 1 aromatic heterocycles. The minimum absolute atomic E-state index is 0.109. The minimum atomic E-state index is -1.14. The van der Waals surface area contributed by atoms with Gasteiger partial charge in [-0.3, -0.25) is 0 Å². The summed E-state index contributed by atoms with van der Waals surface area (Å²) in [6, 6.07) is 12.2. The Labute approximate surface area is 114 Å². The number of phenolic OH excluding ortho intramolecular Hbond substituents is 1. The van der Waals surface area contributed by atoms with Gasteiger partial charge in [0, 0.05) is 5.56 Å². The van der Waals surface area contributed by atoms with Gasteiger partial charge in [0.2, 0.25) is 0 Å². The Kier molecular flexibility index (Phi) is 3.00. The average molecular weight is 271 g/mol. The van der Waals surface area contributed by atoms with Crippen LogP contribution in [0.1, 0.15) is 11.8 Å². The number of rotatable bonds is 3. The number of fused-ring (bicyclic) bond motifs is 1. The number of ether oxygens (including phenoxy) is 1. The molecule has 6 nitrogen and oxygen atoms in total. The Hall–Kier alpha value is -2.60. The largest absolute Gasteiger partial charge is 0.504 e. The molecule has 20 heavy (non-hydrogen) atoms. The third-order valence-electron chi connectivity index (χ3n) is 3.14. The van der Waals surface area contributed by atoms with Crippen LogP contribution in [0, 0.1) is 0 Å². The summed E-state index contributed by atoms with van der Waals surface area (Å²) in [6.45, 7) is 0. The first-order valence-corrected chi connectivity index (χ1v) is 6.06. The second-order valence-electron chi connectivity index (χ2n) is 4.29. The highest BCUT2D eigenvalue weighted by Gasteiger charge is 2.19. The number of para-hydroxylation sites is 2. The Morgan fingerprint density at radius 2 is 1.95 bits per heavy atom. The van der Waals surface area contributed by atoms with Crippen LogP contribution in [0.3, 0.4) is 0 Å². The van der Waals surface area contributed by atoms with Crippen LogP contribution in [0.5, 0.6) is 11.5 Å². The summed E-state index contributed by atoms with van der Waals surface area (Å²) in [7, 11) is 1.45. The standard InChI is InChI=1S/C14H13N3O3/c1-20-12-8-4-5-9(13(12)18)14(19)17-11-7-3-2-6-10(11)15-16-17/h2-8,14,18-19H,1H3. The van der Waals surface area contributed by atoms with Crippen LogP contribution in [-0.2, 0) is 0 Å². The lowest BCUT2D eigenvalue weighted by Gasteiger charge is -2.15. The molecular weight excluding hydrogens is 258 g/mol. The van der Waals surface area contributed by atoms with E-state index in [1.54, 1.807) is 30.3 Å². The van der Waals surface area contributed by atoms with E-state index < -0.39 is 6.23 Å². The third-order valence-corrected chi connectivity index (χ3v) is 3.14. The number of nitrogens with zero attached hydrogens (tertiary/aromatic N) is 3. The molecule has 0 aliphatic carbocycles. The smallest absolute Gasteiger partial charge is 0.179 e.